The summed E-state index contributed by atoms with van der Waals surface area (Å²) in [5.74, 6) is -0.262. The molecular formula is C18H21ClFN3. The second-order valence-corrected chi connectivity index (χ2v) is 5.85. The fraction of sp³-hybridized carbons (Fsp3) is 0.278. The van der Waals surface area contributed by atoms with Crippen LogP contribution in [0.1, 0.15) is 12.5 Å². The SMILES string of the molecule is CCN(C)C=Nc1cc(C)c(N(C)c2cccc(F)c2)cc1Cl. The molecule has 0 unspecified atom stereocenters. The van der Waals surface area contributed by atoms with Gasteiger partial charge in [0.05, 0.1) is 17.0 Å². The molecule has 2 rings (SSSR count). The Morgan fingerprint density at radius 2 is 1.96 bits per heavy atom. The Labute approximate surface area is 142 Å². The molecule has 0 aromatic heterocycles. The van der Waals surface area contributed by atoms with Gasteiger partial charge in [-0.15, -0.1) is 0 Å². The maximum atomic E-state index is 13.4. The topological polar surface area (TPSA) is 18.8 Å². The van der Waals surface area contributed by atoms with E-state index in [4.69, 9.17) is 11.6 Å². The molecule has 0 atom stereocenters. The van der Waals surface area contributed by atoms with Crippen LogP contribution in [0.25, 0.3) is 0 Å². The van der Waals surface area contributed by atoms with E-state index in [-0.39, 0.29) is 5.82 Å². The molecule has 2 aromatic rings. The number of benzene rings is 2. The standard InChI is InChI=1S/C18H21ClFN3/c1-5-22(3)12-21-17-9-13(2)18(11-16(17)19)23(4)15-8-6-7-14(20)10-15/h6-12H,5H2,1-4H3. The molecule has 0 saturated carbocycles. The van der Waals surface area contributed by atoms with Gasteiger partial charge in [0, 0.05) is 32.0 Å². The van der Waals surface area contributed by atoms with E-state index in [9.17, 15) is 4.39 Å². The number of halogens is 2. The Bertz CT molecular complexity index is 715. The summed E-state index contributed by atoms with van der Waals surface area (Å²) in [6.07, 6.45) is 1.76. The molecule has 0 saturated heterocycles. The van der Waals surface area contributed by atoms with E-state index < -0.39 is 0 Å². The first-order chi connectivity index (χ1) is 10.9. The molecular weight excluding hydrogens is 313 g/mol. The molecule has 0 heterocycles. The van der Waals surface area contributed by atoms with E-state index in [2.05, 4.69) is 11.9 Å². The molecule has 0 aliphatic heterocycles. The highest BCUT2D eigenvalue weighted by atomic mass is 35.5. The van der Waals surface area contributed by atoms with E-state index in [1.807, 2.05) is 49.0 Å². The molecule has 0 spiro atoms. The minimum atomic E-state index is -0.262. The minimum absolute atomic E-state index is 0.262. The van der Waals surface area contributed by atoms with Crippen LogP contribution in [0.2, 0.25) is 5.02 Å². The van der Waals surface area contributed by atoms with Gasteiger partial charge in [0.25, 0.3) is 0 Å². The zero-order valence-corrected chi connectivity index (χ0v) is 14.6. The van der Waals surface area contributed by atoms with Gasteiger partial charge in [-0.25, -0.2) is 9.38 Å². The molecule has 0 aliphatic rings. The lowest BCUT2D eigenvalue weighted by molar-refractivity contribution is 0.552. The van der Waals surface area contributed by atoms with E-state index >= 15 is 0 Å². The van der Waals surface area contributed by atoms with E-state index in [1.54, 1.807) is 12.4 Å². The van der Waals surface area contributed by atoms with Crippen LogP contribution in [-0.4, -0.2) is 31.9 Å². The Balaban J connectivity index is 2.34. The second-order valence-electron chi connectivity index (χ2n) is 5.45. The summed E-state index contributed by atoms with van der Waals surface area (Å²) in [7, 11) is 3.84. The number of nitrogens with zero attached hydrogens (tertiary/aromatic N) is 3. The average molecular weight is 334 g/mol. The zero-order chi connectivity index (χ0) is 17.0. The third kappa shape index (κ3) is 4.23. The van der Waals surface area contributed by atoms with Crippen molar-refractivity contribution in [2.24, 2.45) is 4.99 Å². The number of aryl methyl sites for hydroxylation is 1. The Hall–Kier alpha value is -2.07. The van der Waals surface area contributed by atoms with E-state index in [0.717, 1.165) is 29.2 Å². The van der Waals surface area contributed by atoms with Gasteiger partial charge in [-0.2, -0.15) is 0 Å². The van der Waals surface area contributed by atoms with Crippen molar-refractivity contribution in [1.82, 2.24) is 4.90 Å². The van der Waals surface area contributed by atoms with Crippen LogP contribution in [0.3, 0.4) is 0 Å². The van der Waals surface area contributed by atoms with Gasteiger partial charge in [-0.05, 0) is 49.7 Å². The highest BCUT2D eigenvalue weighted by molar-refractivity contribution is 6.33. The maximum absolute atomic E-state index is 13.4. The molecule has 0 bridgehead atoms. The molecule has 3 nitrogen and oxygen atoms in total. The molecule has 5 heteroatoms. The number of rotatable bonds is 5. The highest BCUT2D eigenvalue weighted by Crippen LogP contribution is 2.35. The van der Waals surface area contributed by atoms with Crippen molar-refractivity contribution in [3.8, 4) is 0 Å². The van der Waals surface area contributed by atoms with Crippen molar-refractivity contribution in [3.63, 3.8) is 0 Å². The third-order valence-corrected chi connectivity index (χ3v) is 4.02. The first-order valence-electron chi connectivity index (χ1n) is 7.46. The van der Waals surface area contributed by atoms with E-state index in [0.29, 0.717) is 5.02 Å². The summed E-state index contributed by atoms with van der Waals surface area (Å²) in [4.78, 5) is 8.30. The molecule has 0 radical (unpaired) electrons. The van der Waals surface area contributed by atoms with Crippen molar-refractivity contribution in [1.29, 1.82) is 0 Å². The summed E-state index contributed by atoms with van der Waals surface area (Å²) in [5, 5.41) is 0.564. The lowest BCUT2D eigenvalue weighted by atomic mass is 10.1. The Morgan fingerprint density at radius 3 is 2.61 bits per heavy atom. The second kappa shape index (κ2) is 7.47. The minimum Gasteiger partial charge on any atom is -0.366 e. The quantitative estimate of drug-likeness (QED) is 0.555. The number of hydrogen-bond acceptors (Lipinski definition) is 2. The molecule has 0 N–H and O–H groups in total. The molecule has 122 valence electrons. The zero-order valence-electron chi connectivity index (χ0n) is 13.8. The number of anilines is 2. The van der Waals surface area contributed by atoms with Crippen molar-refractivity contribution in [3.05, 3.63) is 52.8 Å². The molecule has 0 fully saturated rings. The molecule has 2 aromatic carbocycles. The fourth-order valence-electron chi connectivity index (χ4n) is 2.18. The van der Waals surface area contributed by atoms with Gasteiger partial charge >= 0.3 is 0 Å². The van der Waals surface area contributed by atoms with Gasteiger partial charge in [-0.1, -0.05) is 17.7 Å². The summed E-state index contributed by atoms with van der Waals surface area (Å²) in [5.41, 5.74) is 3.43. The largest absolute Gasteiger partial charge is 0.366 e. The van der Waals surface area contributed by atoms with Crippen LogP contribution >= 0.6 is 11.6 Å². The maximum Gasteiger partial charge on any atom is 0.125 e. The molecule has 23 heavy (non-hydrogen) atoms. The lowest BCUT2D eigenvalue weighted by Crippen LogP contribution is -2.14. The summed E-state index contributed by atoms with van der Waals surface area (Å²) < 4.78 is 13.4. The molecule has 0 aliphatic carbocycles. The van der Waals surface area contributed by atoms with Crippen molar-refractivity contribution in [2.45, 2.75) is 13.8 Å². The van der Waals surface area contributed by atoms with Crippen LogP contribution in [-0.2, 0) is 0 Å². The first kappa shape index (κ1) is 17.3. The van der Waals surface area contributed by atoms with Crippen LogP contribution in [0.15, 0.2) is 41.4 Å². The summed E-state index contributed by atoms with van der Waals surface area (Å²) >= 11 is 6.36. The average Bonchev–Trinajstić information content (AvgIpc) is 2.54. The summed E-state index contributed by atoms with van der Waals surface area (Å²) in [6, 6.07) is 10.3. The van der Waals surface area contributed by atoms with Gasteiger partial charge in [0.2, 0.25) is 0 Å². The predicted octanol–water partition coefficient (Wildman–Crippen LogP) is 5.17. The van der Waals surface area contributed by atoms with Crippen molar-refractivity contribution >= 4 is 35.0 Å². The molecule has 0 amide bonds. The van der Waals surface area contributed by atoms with Crippen LogP contribution < -0.4 is 4.90 Å². The van der Waals surface area contributed by atoms with Crippen LogP contribution in [0.5, 0.6) is 0 Å². The van der Waals surface area contributed by atoms with Gasteiger partial charge in [-0.3, -0.25) is 0 Å². The Kier molecular flexibility index (Phi) is 5.61. The number of hydrogen-bond donors (Lipinski definition) is 0. The highest BCUT2D eigenvalue weighted by Gasteiger charge is 2.11. The smallest absolute Gasteiger partial charge is 0.125 e. The normalized spacial score (nSPS) is 11.0. The Morgan fingerprint density at radius 1 is 1.22 bits per heavy atom. The van der Waals surface area contributed by atoms with Crippen molar-refractivity contribution < 1.29 is 4.39 Å². The number of aliphatic imine (C=N–C) groups is 1. The van der Waals surface area contributed by atoms with E-state index in [1.165, 1.54) is 12.1 Å². The first-order valence-corrected chi connectivity index (χ1v) is 7.84. The third-order valence-electron chi connectivity index (χ3n) is 3.71. The van der Waals surface area contributed by atoms with Gasteiger partial charge in [0.1, 0.15) is 5.82 Å². The summed E-state index contributed by atoms with van der Waals surface area (Å²) in [6.45, 7) is 4.92. The lowest BCUT2D eigenvalue weighted by Gasteiger charge is -2.22. The van der Waals surface area contributed by atoms with Crippen LogP contribution in [0, 0.1) is 12.7 Å². The van der Waals surface area contributed by atoms with Gasteiger partial charge in [0.15, 0.2) is 0 Å². The van der Waals surface area contributed by atoms with Gasteiger partial charge < -0.3 is 9.80 Å². The monoisotopic (exact) mass is 333 g/mol. The predicted molar refractivity (Wildman–Crippen MR) is 97.1 cm³/mol. The fourth-order valence-corrected chi connectivity index (χ4v) is 2.39. The van der Waals surface area contributed by atoms with Crippen LogP contribution in [0.4, 0.5) is 21.5 Å². The van der Waals surface area contributed by atoms with Crippen molar-refractivity contribution in [2.75, 3.05) is 25.5 Å².